The number of fused-ring (bicyclic) bond motifs is 1. The third-order valence-electron chi connectivity index (χ3n) is 4.02. The Kier molecular flexibility index (Phi) is 4.61. The molecule has 0 saturated carbocycles. The van der Waals surface area contributed by atoms with Crippen molar-refractivity contribution in [3.63, 3.8) is 0 Å². The topological polar surface area (TPSA) is 80.1 Å². The summed E-state index contributed by atoms with van der Waals surface area (Å²) in [4.78, 5) is 25.4. The number of para-hydroxylation sites is 1. The summed E-state index contributed by atoms with van der Waals surface area (Å²) in [5.74, 6) is -0.297. The summed E-state index contributed by atoms with van der Waals surface area (Å²) >= 11 is 0. The molecule has 0 aliphatic carbocycles. The lowest BCUT2D eigenvalue weighted by Gasteiger charge is -2.08. The first-order chi connectivity index (χ1) is 13.3. The van der Waals surface area contributed by atoms with Crippen LogP contribution in [0.25, 0.3) is 22.2 Å². The predicted octanol–water partition coefficient (Wildman–Crippen LogP) is 3.46. The average Bonchev–Trinajstić information content (AvgIpc) is 2.74. The van der Waals surface area contributed by atoms with Crippen LogP contribution in [0.2, 0.25) is 0 Å². The highest BCUT2D eigenvalue weighted by Crippen LogP contribution is 2.24. The van der Waals surface area contributed by atoms with Crippen molar-refractivity contribution in [2.45, 2.75) is 0 Å². The minimum atomic E-state index is -0.297. The van der Waals surface area contributed by atoms with E-state index >= 15 is 0 Å². The minimum absolute atomic E-state index is 0.297. The maximum atomic E-state index is 12.8. The third-order valence-corrected chi connectivity index (χ3v) is 4.02. The van der Waals surface area contributed by atoms with Gasteiger partial charge in [-0.1, -0.05) is 18.2 Å². The quantitative estimate of drug-likeness (QED) is 0.450. The fourth-order valence-electron chi connectivity index (χ4n) is 2.71. The van der Waals surface area contributed by atoms with Gasteiger partial charge in [0.2, 0.25) is 0 Å². The number of hydrogen-bond acceptors (Lipinski definition) is 5. The van der Waals surface area contributed by atoms with E-state index in [1.807, 2.05) is 36.4 Å². The van der Waals surface area contributed by atoms with Gasteiger partial charge in [-0.15, -0.1) is 0 Å². The first-order valence-electron chi connectivity index (χ1n) is 8.35. The Morgan fingerprint density at radius 2 is 1.63 bits per heavy atom. The summed E-state index contributed by atoms with van der Waals surface area (Å²) < 4.78 is 0. The van der Waals surface area contributed by atoms with E-state index < -0.39 is 0 Å². The zero-order valence-electron chi connectivity index (χ0n) is 14.3. The molecular weight excluding hydrogens is 338 g/mol. The molecule has 0 spiro atoms. The number of carbonyl (C=O) groups is 1. The molecule has 6 heteroatoms. The molecule has 1 amide bonds. The van der Waals surface area contributed by atoms with E-state index in [0.29, 0.717) is 11.3 Å². The molecule has 0 radical (unpaired) electrons. The van der Waals surface area contributed by atoms with Crippen molar-refractivity contribution in [1.29, 1.82) is 0 Å². The number of nitrogens with one attached hydrogen (secondary N) is 1. The standard InChI is InChI=1S/C21H15N5O/c27-21(26-24-14-15-5-9-22-10-6-15)18-13-20(16-7-11-23-12-8-16)25-19-4-2-1-3-17(18)19/h1-14H,(H,26,27)/b24-14-. The lowest BCUT2D eigenvalue weighted by atomic mass is 10.0. The Morgan fingerprint density at radius 3 is 2.41 bits per heavy atom. The third kappa shape index (κ3) is 3.69. The molecule has 0 aliphatic rings. The second-order valence-corrected chi connectivity index (χ2v) is 5.79. The van der Waals surface area contributed by atoms with Gasteiger partial charge in [-0.25, -0.2) is 10.4 Å². The molecule has 0 saturated heterocycles. The molecule has 0 unspecified atom stereocenters. The number of benzene rings is 1. The highest BCUT2D eigenvalue weighted by molar-refractivity contribution is 6.07. The van der Waals surface area contributed by atoms with Gasteiger partial charge in [-0.3, -0.25) is 14.8 Å². The second kappa shape index (κ2) is 7.53. The number of hydrazone groups is 1. The van der Waals surface area contributed by atoms with Crippen molar-refractivity contribution in [2.75, 3.05) is 0 Å². The summed E-state index contributed by atoms with van der Waals surface area (Å²) in [6.07, 6.45) is 8.31. The minimum Gasteiger partial charge on any atom is -0.267 e. The Bertz CT molecular complexity index is 1110. The number of pyridine rings is 3. The van der Waals surface area contributed by atoms with Crippen LogP contribution in [0.1, 0.15) is 15.9 Å². The lowest BCUT2D eigenvalue weighted by molar-refractivity contribution is 0.0957. The second-order valence-electron chi connectivity index (χ2n) is 5.79. The number of amides is 1. The van der Waals surface area contributed by atoms with E-state index in [-0.39, 0.29) is 5.91 Å². The van der Waals surface area contributed by atoms with Crippen LogP contribution in [-0.2, 0) is 0 Å². The molecular formula is C21H15N5O. The summed E-state index contributed by atoms with van der Waals surface area (Å²) in [5.41, 5.74) is 6.30. The van der Waals surface area contributed by atoms with E-state index in [1.54, 1.807) is 49.2 Å². The first kappa shape index (κ1) is 16.5. The number of carbonyl (C=O) groups excluding carboxylic acids is 1. The summed E-state index contributed by atoms with van der Waals surface area (Å²) in [5, 5.41) is 4.81. The molecule has 1 N–H and O–H groups in total. The molecule has 4 aromatic rings. The summed E-state index contributed by atoms with van der Waals surface area (Å²) in [6.45, 7) is 0. The molecule has 4 rings (SSSR count). The molecule has 3 heterocycles. The van der Waals surface area contributed by atoms with Crippen molar-refractivity contribution < 1.29 is 4.79 Å². The number of aromatic nitrogens is 3. The molecule has 0 atom stereocenters. The number of hydrogen-bond donors (Lipinski definition) is 1. The van der Waals surface area contributed by atoms with Crippen molar-refractivity contribution >= 4 is 23.0 Å². The van der Waals surface area contributed by atoms with Gasteiger partial charge in [0.15, 0.2) is 0 Å². The molecule has 0 bridgehead atoms. The largest absolute Gasteiger partial charge is 0.272 e. The Balaban J connectivity index is 1.69. The van der Waals surface area contributed by atoms with Gasteiger partial charge in [0.05, 0.1) is 23.0 Å². The average molecular weight is 353 g/mol. The molecule has 130 valence electrons. The molecule has 0 fully saturated rings. The number of rotatable bonds is 4. The van der Waals surface area contributed by atoms with Gasteiger partial charge < -0.3 is 0 Å². The van der Waals surface area contributed by atoms with E-state index in [9.17, 15) is 4.79 Å². The smallest absolute Gasteiger partial charge is 0.267 e. The van der Waals surface area contributed by atoms with Gasteiger partial charge in [0, 0.05) is 35.7 Å². The zero-order valence-corrected chi connectivity index (χ0v) is 14.3. The van der Waals surface area contributed by atoms with Crippen LogP contribution < -0.4 is 5.43 Å². The maximum absolute atomic E-state index is 12.8. The normalized spacial score (nSPS) is 11.0. The molecule has 27 heavy (non-hydrogen) atoms. The summed E-state index contributed by atoms with van der Waals surface area (Å²) in [7, 11) is 0. The first-order valence-corrected chi connectivity index (χ1v) is 8.35. The monoisotopic (exact) mass is 353 g/mol. The predicted molar refractivity (Wildman–Crippen MR) is 104 cm³/mol. The summed E-state index contributed by atoms with van der Waals surface area (Å²) in [6, 6.07) is 16.6. The van der Waals surface area contributed by atoms with Gasteiger partial charge in [-0.2, -0.15) is 5.10 Å². The van der Waals surface area contributed by atoms with Crippen LogP contribution in [-0.4, -0.2) is 27.1 Å². The van der Waals surface area contributed by atoms with E-state index in [2.05, 4.69) is 25.5 Å². The van der Waals surface area contributed by atoms with Gasteiger partial charge in [0.1, 0.15) is 0 Å². The van der Waals surface area contributed by atoms with Crippen molar-refractivity contribution in [3.05, 3.63) is 90.5 Å². The molecule has 3 aromatic heterocycles. The van der Waals surface area contributed by atoms with E-state index in [1.165, 1.54) is 0 Å². The highest BCUT2D eigenvalue weighted by Gasteiger charge is 2.13. The van der Waals surface area contributed by atoms with Crippen LogP contribution in [0.5, 0.6) is 0 Å². The van der Waals surface area contributed by atoms with Crippen molar-refractivity contribution in [1.82, 2.24) is 20.4 Å². The maximum Gasteiger partial charge on any atom is 0.272 e. The molecule has 1 aromatic carbocycles. The Labute approximate surface area is 155 Å². The van der Waals surface area contributed by atoms with Crippen LogP contribution in [0.4, 0.5) is 0 Å². The fraction of sp³-hybridized carbons (Fsp3) is 0. The van der Waals surface area contributed by atoms with Crippen LogP contribution in [0, 0.1) is 0 Å². The van der Waals surface area contributed by atoms with E-state index in [4.69, 9.17) is 0 Å². The highest BCUT2D eigenvalue weighted by atomic mass is 16.2. The molecule has 6 nitrogen and oxygen atoms in total. The van der Waals surface area contributed by atoms with Crippen LogP contribution in [0.15, 0.2) is 84.5 Å². The van der Waals surface area contributed by atoms with Gasteiger partial charge >= 0.3 is 0 Å². The Hall–Kier alpha value is -3.93. The fourth-order valence-corrected chi connectivity index (χ4v) is 2.71. The van der Waals surface area contributed by atoms with Gasteiger partial charge in [0.25, 0.3) is 5.91 Å². The molecule has 0 aliphatic heterocycles. The zero-order chi connectivity index (χ0) is 18.5. The van der Waals surface area contributed by atoms with Crippen LogP contribution in [0.3, 0.4) is 0 Å². The number of nitrogens with zero attached hydrogens (tertiary/aromatic N) is 4. The van der Waals surface area contributed by atoms with Crippen LogP contribution >= 0.6 is 0 Å². The lowest BCUT2D eigenvalue weighted by Crippen LogP contribution is -2.18. The van der Waals surface area contributed by atoms with E-state index in [0.717, 1.165) is 22.0 Å². The van der Waals surface area contributed by atoms with Crippen molar-refractivity contribution in [2.24, 2.45) is 5.10 Å². The Morgan fingerprint density at radius 1 is 0.926 bits per heavy atom. The van der Waals surface area contributed by atoms with Gasteiger partial charge in [-0.05, 0) is 42.0 Å². The SMILES string of the molecule is O=C(N/N=C\c1ccncc1)c1cc(-c2ccncc2)nc2ccccc12. The van der Waals surface area contributed by atoms with Crippen molar-refractivity contribution in [3.8, 4) is 11.3 Å².